The molecular weight excluding hydrogens is 356 g/mol. The summed E-state index contributed by atoms with van der Waals surface area (Å²) in [5.74, 6) is 0.0567. The van der Waals surface area contributed by atoms with Gasteiger partial charge < -0.3 is 9.29 Å². The van der Waals surface area contributed by atoms with Gasteiger partial charge in [0.25, 0.3) is 5.91 Å². The van der Waals surface area contributed by atoms with Crippen LogP contribution in [0.5, 0.6) is 5.75 Å². The summed E-state index contributed by atoms with van der Waals surface area (Å²) in [5.41, 5.74) is 1.40. The van der Waals surface area contributed by atoms with E-state index in [9.17, 15) is 13.6 Å². The number of hydrogen-bond donors (Lipinski definition) is 1. The highest BCUT2D eigenvalue weighted by Gasteiger charge is 2.34. The third kappa shape index (κ3) is 3.53. The second-order valence-electron chi connectivity index (χ2n) is 5.43. The summed E-state index contributed by atoms with van der Waals surface area (Å²) in [4.78, 5) is 12.8. The molecule has 2 aromatic carbocycles. The molecule has 1 amide bonds. The largest absolute Gasteiger partial charge is 0.494 e. The van der Waals surface area contributed by atoms with Crippen LogP contribution in [0.25, 0.3) is 0 Å². The van der Waals surface area contributed by atoms with Crippen molar-refractivity contribution in [2.24, 2.45) is 15.3 Å². The van der Waals surface area contributed by atoms with Crippen molar-refractivity contribution in [2.45, 2.75) is 17.9 Å². The fourth-order valence-electron chi connectivity index (χ4n) is 2.42. The molecule has 1 N–H and O–H groups in total. The fraction of sp³-hybridized carbons (Fsp3) is 0.176. The van der Waals surface area contributed by atoms with Gasteiger partial charge >= 0.3 is 0 Å². The van der Waals surface area contributed by atoms with Gasteiger partial charge in [-0.15, -0.1) is 0 Å². The van der Waals surface area contributed by atoms with Crippen molar-refractivity contribution in [1.29, 1.82) is 0 Å². The number of para-hydroxylation sites is 1. The Morgan fingerprint density at radius 3 is 2.62 bits per heavy atom. The van der Waals surface area contributed by atoms with E-state index in [1.54, 1.807) is 19.1 Å². The number of hydrogen-bond acceptors (Lipinski definition) is 6. The lowest BCUT2D eigenvalue weighted by Gasteiger charge is -2.12. The molecule has 0 saturated carbocycles. The molecule has 134 valence electrons. The molecule has 0 aromatic heterocycles. The average Bonchev–Trinajstić information content (AvgIpc) is 2.94. The number of methoxy groups -OCH3 is 1. The first kappa shape index (κ1) is 17.9. The van der Waals surface area contributed by atoms with E-state index < -0.39 is 17.1 Å². The minimum absolute atomic E-state index is 0.161. The van der Waals surface area contributed by atoms with Crippen molar-refractivity contribution in [3.8, 4) is 5.75 Å². The summed E-state index contributed by atoms with van der Waals surface area (Å²) in [6.45, 7) is 1.70. The van der Waals surface area contributed by atoms with Gasteiger partial charge in [-0.3, -0.25) is 4.79 Å². The van der Waals surface area contributed by atoms with Crippen molar-refractivity contribution in [2.75, 3.05) is 12.1 Å². The summed E-state index contributed by atoms with van der Waals surface area (Å²) < 4.78 is 25.6. The van der Waals surface area contributed by atoms with Gasteiger partial charge in [0.05, 0.1) is 23.4 Å². The molecule has 2 unspecified atom stereocenters. The zero-order valence-corrected chi connectivity index (χ0v) is 14.9. The topological polar surface area (TPSA) is 104 Å². The third-order valence-corrected chi connectivity index (χ3v) is 4.39. The van der Waals surface area contributed by atoms with Crippen LogP contribution in [-0.2, 0) is 15.9 Å². The number of benzene rings is 2. The predicted octanol–water partition coefficient (Wildman–Crippen LogP) is 3.15. The Kier molecular flexibility index (Phi) is 5.19. The maximum Gasteiger partial charge on any atom is 0.280 e. The molecule has 3 rings (SSSR count). The summed E-state index contributed by atoms with van der Waals surface area (Å²) in [7, 11) is 1.45. The van der Waals surface area contributed by atoms with Gasteiger partial charge in [-0.05, 0) is 37.3 Å². The number of carbonyl (C=O) groups is 1. The zero-order chi connectivity index (χ0) is 18.7. The van der Waals surface area contributed by atoms with E-state index in [4.69, 9.17) is 4.74 Å². The van der Waals surface area contributed by atoms with Gasteiger partial charge in [0.1, 0.15) is 11.4 Å². The predicted molar refractivity (Wildman–Crippen MR) is 97.4 cm³/mol. The third-order valence-electron chi connectivity index (χ3n) is 3.73. The molecule has 2 atom stereocenters. The van der Waals surface area contributed by atoms with E-state index in [0.29, 0.717) is 17.1 Å². The number of hydrazone groups is 1. The number of amides is 1. The lowest BCUT2D eigenvalue weighted by Crippen LogP contribution is -2.29. The summed E-state index contributed by atoms with van der Waals surface area (Å²) in [5, 5.41) is 13.7. The van der Waals surface area contributed by atoms with Gasteiger partial charge in [0.2, 0.25) is 0 Å². The molecule has 0 bridgehead atoms. The number of nitrogens with zero attached hydrogens (tertiary/aromatic N) is 4. The number of anilines is 1. The molecule has 1 aliphatic rings. The molecule has 0 spiro atoms. The van der Waals surface area contributed by atoms with Crippen LogP contribution in [0.3, 0.4) is 0 Å². The summed E-state index contributed by atoms with van der Waals surface area (Å²) in [6.07, 6.45) is 0. The lowest BCUT2D eigenvalue weighted by atomic mass is 10.2. The minimum atomic E-state index is -2.16. The van der Waals surface area contributed by atoms with Gasteiger partial charge in [-0.2, -0.15) is 20.3 Å². The second-order valence-corrected chi connectivity index (χ2v) is 6.40. The van der Waals surface area contributed by atoms with Gasteiger partial charge in [0.15, 0.2) is 17.1 Å². The zero-order valence-electron chi connectivity index (χ0n) is 14.1. The Morgan fingerprint density at radius 2 is 1.96 bits per heavy atom. The first-order valence-electron chi connectivity index (χ1n) is 7.65. The summed E-state index contributed by atoms with van der Waals surface area (Å²) >= 11 is -2.16. The molecule has 1 aliphatic heterocycles. The van der Waals surface area contributed by atoms with E-state index >= 15 is 0 Å². The van der Waals surface area contributed by atoms with Crippen molar-refractivity contribution >= 4 is 34.1 Å². The van der Waals surface area contributed by atoms with E-state index in [2.05, 4.69) is 15.3 Å². The molecule has 26 heavy (non-hydrogen) atoms. The van der Waals surface area contributed by atoms with E-state index in [1.165, 1.54) is 30.3 Å². The molecule has 0 saturated heterocycles. The molecule has 0 radical (unpaired) electrons. The monoisotopic (exact) mass is 372 g/mol. The molecule has 2 aromatic rings. The SMILES string of the molecule is COc1ccc(S(=O)O)cc1N=NC1C(=O)N(c2ccccc2)N=C1C. The van der Waals surface area contributed by atoms with Crippen LogP contribution in [0.1, 0.15) is 6.92 Å². The van der Waals surface area contributed by atoms with Crippen LogP contribution in [0.15, 0.2) is 68.8 Å². The quantitative estimate of drug-likeness (QED) is 0.643. The van der Waals surface area contributed by atoms with Gasteiger partial charge in [0, 0.05) is 0 Å². The maximum absolute atomic E-state index is 12.6. The molecule has 1 heterocycles. The average molecular weight is 372 g/mol. The van der Waals surface area contributed by atoms with Gasteiger partial charge in [-0.25, -0.2) is 4.21 Å². The number of carbonyl (C=O) groups excluding carboxylic acids is 1. The van der Waals surface area contributed by atoms with Crippen LogP contribution < -0.4 is 9.75 Å². The van der Waals surface area contributed by atoms with Gasteiger partial charge in [-0.1, -0.05) is 18.2 Å². The van der Waals surface area contributed by atoms with Crippen molar-refractivity contribution in [1.82, 2.24) is 0 Å². The van der Waals surface area contributed by atoms with E-state index in [-0.39, 0.29) is 16.5 Å². The van der Waals surface area contributed by atoms with E-state index in [0.717, 1.165) is 0 Å². The van der Waals surface area contributed by atoms with Crippen LogP contribution in [0.2, 0.25) is 0 Å². The summed E-state index contributed by atoms with van der Waals surface area (Å²) in [6, 6.07) is 12.5. The minimum Gasteiger partial charge on any atom is -0.494 e. The van der Waals surface area contributed by atoms with Crippen LogP contribution in [0.4, 0.5) is 11.4 Å². The highest BCUT2D eigenvalue weighted by atomic mass is 32.2. The first-order chi connectivity index (χ1) is 12.5. The standard InChI is InChI=1S/C17H16N4O4S/c1-11-16(17(22)21(20-11)12-6-4-3-5-7-12)19-18-14-10-13(26(23)24)8-9-15(14)25-2/h3-10,16H,1-2H3,(H,23,24). The highest BCUT2D eigenvalue weighted by Crippen LogP contribution is 2.31. The second kappa shape index (κ2) is 7.54. The normalized spacial score (nSPS) is 18.3. The Bertz CT molecular complexity index is 914. The molecular formula is C17H16N4O4S. The smallest absolute Gasteiger partial charge is 0.280 e. The molecule has 8 nitrogen and oxygen atoms in total. The fourth-order valence-corrected chi connectivity index (χ4v) is 2.82. The Hall–Kier alpha value is -2.91. The molecule has 9 heteroatoms. The Balaban J connectivity index is 1.87. The molecule has 0 aliphatic carbocycles. The Labute approximate surface area is 152 Å². The number of rotatable bonds is 5. The highest BCUT2D eigenvalue weighted by molar-refractivity contribution is 7.79. The van der Waals surface area contributed by atoms with Crippen LogP contribution >= 0.6 is 0 Å². The van der Waals surface area contributed by atoms with E-state index in [1.807, 2.05) is 18.2 Å². The number of ether oxygens (including phenoxy) is 1. The maximum atomic E-state index is 12.6. The lowest BCUT2D eigenvalue weighted by molar-refractivity contribution is -0.117. The molecule has 0 fully saturated rings. The Morgan fingerprint density at radius 1 is 1.23 bits per heavy atom. The van der Waals surface area contributed by atoms with Crippen molar-refractivity contribution in [3.63, 3.8) is 0 Å². The first-order valence-corrected chi connectivity index (χ1v) is 8.76. The number of azo groups is 1. The van der Waals surface area contributed by atoms with Crippen LogP contribution in [-0.4, -0.2) is 33.5 Å². The van der Waals surface area contributed by atoms with Crippen LogP contribution in [0, 0.1) is 0 Å². The van der Waals surface area contributed by atoms with Crippen molar-refractivity contribution in [3.05, 3.63) is 48.5 Å². The van der Waals surface area contributed by atoms with Crippen molar-refractivity contribution < 1.29 is 18.3 Å².